The lowest BCUT2D eigenvalue weighted by Gasteiger charge is -2.25. The second-order valence-electron chi connectivity index (χ2n) is 6.60. The van der Waals surface area contributed by atoms with E-state index in [0.717, 1.165) is 18.3 Å². The molecule has 0 saturated heterocycles. The van der Waals surface area contributed by atoms with Gasteiger partial charge in [0.05, 0.1) is 11.1 Å². The highest BCUT2D eigenvalue weighted by Gasteiger charge is 2.40. The highest BCUT2D eigenvalue weighted by Crippen LogP contribution is 2.42. The fourth-order valence-corrected chi connectivity index (χ4v) is 3.64. The van der Waals surface area contributed by atoms with E-state index in [-0.39, 0.29) is 5.56 Å². The van der Waals surface area contributed by atoms with Gasteiger partial charge in [-0.3, -0.25) is 9.78 Å². The molecule has 2 aromatic rings. The molecule has 0 spiro atoms. The number of carbonyl (C=O) groups is 1. The van der Waals surface area contributed by atoms with Gasteiger partial charge in [0.1, 0.15) is 0 Å². The number of benzene rings is 1. The maximum Gasteiger partial charge on any atom is 0.434 e. The van der Waals surface area contributed by atoms with Gasteiger partial charge in [-0.25, -0.2) is 0 Å². The molecule has 1 aliphatic carbocycles. The first kappa shape index (κ1) is 20.2. The molecule has 1 heterocycles. The number of rotatable bonds is 3. The number of halogens is 6. The number of nitrogens with zero attached hydrogens (tertiary/aromatic N) is 1. The van der Waals surface area contributed by atoms with Gasteiger partial charge >= 0.3 is 12.4 Å². The van der Waals surface area contributed by atoms with E-state index < -0.39 is 47.0 Å². The van der Waals surface area contributed by atoms with E-state index in [1.807, 2.05) is 0 Å². The van der Waals surface area contributed by atoms with Crippen LogP contribution in [0.15, 0.2) is 42.6 Å². The van der Waals surface area contributed by atoms with E-state index in [9.17, 15) is 31.1 Å². The maximum atomic E-state index is 13.3. The van der Waals surface area contributed by atoms with E-state index >= 15 is 0 Å². The van der Waals surface area contributed by atoms with Crippen molar-refractivity contribution in [2.75, 3.05) is 0 Å². The van der Waals surface area contributed by atoms with Gasteiger partial charge < -0.3 is 5.32 Å². The van der Waals surface area contributed by atoms with Crippen LogP contribution in [0, 0.1) is 0 Å². The number of hydrogen-bond donors (Lipinski definition) is 1. The fraction of sp³-hybridized carbons (Fsp3) is 0.368. The molecule has 9 heteroatoms. The minimum absolute atomic E-state index is 0.0417. The fourth-order valence-electron chi connectivity index (χ4n) is 3.64. The van der Waals surface area contributed by atoms with Gasteiger partial charge in [-0.15, -0.1) is 0 Å². The van der Waals surface area contributed by atoms with Crippen LogP contribution in [0.2, 0.25) is 0 Å². The Morgan fingerprint density at radius 2 is 1.68 bits per heavy atom. The first-order valence-electron chi connectivity index (χ1n) is 8.58. The summed E-state index contributed by atoms with van der Waals surface area (Å²) in [5, 5.41) is 2.49. The summed E-state index contributed by atoms with van der Waals surface area (Å²) in [6, 6.07) is 6.58. The van der Waals surface area contributed by atoms with E-state index in [2.05, 4.69) is 10.3 Å². The van der Waals surface area contributed by atoms with Crippen molar-refractivity contribution in [2.24, 2.45) is 0 Å². The predicted molar refractivity (Wildman–Crippen MR) is 88.5 cm³/mol. The SMILES string of the molecule is O=C(N[C@@H]1CCC[C@@H]1c1ccccc1C(F)(F)F)c1cccnc1C(F)(F)F. The summed E-state index contributed by atoms with van der Waals surface area (Å²) in [7, 11) is 0. The second-order valence-corrected chi connectivity index (χ2v) is 6.60. The summed E-state index contributed by atoms with van der Waals surface area (Å²) in [6.07, 6.45) is -7.10. The molecule has 1 amide bonds. The molecule has 1 fully saturated rings. The Morgan fingerprint density at radius 3 is 2.36 bits per heavy atom. The summed E-state index contributed by atoms with van der Waals surface area (Å²) in [4.78, 5) is 15.7. The minimum atomic E-state index is -4.81. The zero-order valence-electron chi connectivity index (χ0n) is 14.4. The van der Waals surface area contributed by atoms with Crippen molar-refractivity contribution in [3.63, 3.8) is 0 Å². The van der Waals surface area contributed by atoms with Gasteiger partial charge in [-0.2, -0.15) is 26.3 Å². The zero-order valence-corrected chi connectivity index (χ0v) is 14.4. The van der Waals surface area contributed by atoms with Gasteiger partial charge in [0, 0.05) is 18.2 Å². The Labute approximate surface area is 156 Å². The van der Waals surface area contributed by atoms with Crippen molar-refractivity contribution in [1.82, 2.24) is 10.3 Å². The number of carbonyl (C=O) groups excluding carboxylic acids is 1. The van der Waals surface area contributed by atoms with E-state index in [4.69, 9.17) is 0 Å². The van der Waals surface area contributed by atoms with Crippen molar-refractivity contribution in [3.05, 3.63) is 65.0 Å². The standard InChI is InChI=1S/C19H16F6N2O/c20-18(21,22)14-8-2-1-5-11(14)12-6-3-9-15(12)27-17(28)13-7-4-10-26-16(13)19(23,24)25/h1-2,4-5,7-8,10,12,15H,3,6,9H2,(H,27,28)/t12-,15-/m1/s1. The van der Waals surface area contributed by atoms with Crippen LogP contribution in [0.5, 0.6) is 0 Å². The summed E-state index contributed by atoms with van der Waals surface area (Å²) < 4.78 is 79.2. The van der Waals surface area contributed by atoms with Gasteiger partial charge in [0.2, 0.25) is 0 Å². The first-order valence-corrected chi connectivity index (χ1v) is 8.58. The van der Waals surface area contributed by atoms with Crippen LogP contribution < -0.4 is 5.32 Å². The second kappa shape index (κ2) is 7.44. The molecule has 2 atom stereocenters. The van der Waals surface area contributed by atoms with Gasteiger partial charge in [-0.05, 0) is 36.6 Å². The Balaban J connectivity index is 1.88. The van der Waals surface area contributed by atoms with Crippen LogP contribution in [0.3, 0.4) is 0 Å². The lowest BCUT2D eigenvalue weighted by Crippen LogP contribution is -2.38. The molecule has 1 aromatic carbocycles. The smallest absolute Gasteiger partial charge is 0.349 e. The van der Waals surface area contributed by atoms with Crippen molar-refractivity contribution in [3.8, 4) is 0 Å². The number of nitrogens with one attached hydrogen (secondary N) is 1. The molecule has 1 aromatic heterocycles. The quantitative estimate of drug-likeness (QED) is 0.719. The van der Waals surface area contributed by atoms with E-state index in [1.165, 1.54) is 24.3 Å². The first-order chi connectivity index (χ1) is 13.1. The summed E-state index contributed by atoms with van der Waals surface area (Å²) in [5.41, 5.74) is -2.72. The molecular weight excluding hydrogens is 386 g/mol. The van der Waals surface area contributed by atoms with Gasteiger partial charge in [0.25, 0.3) is 5.91 Å². The number of hydrogen-bond acceptors (Lipinski definition) is 2. The summed E-state index contributed by atoms with van der Waals surface area (Å²) in [6.45, 7) is 0. The van der Waals surface area contributed by atoms with Gasteiger partial charge in [0.15, 0.2) is 5.69 Å². The Bertz CT molecular complexity index is 862. The molecule has 28 heavy (non-hydrogen) atoms. The average Bonchev–Trinajstić information content (AvgIpc) is 3.08. The third-order valence-electron chi connectivity index (χ3n) is 4.82. The van der Waals surface area contributed by atoms with Crippen molar-refractivity contribution < 1.29 is 31.1 Å². The highest BCUT2D eigenvalue weighted by molar-refractivity contribution is 5.95. The normalized spacial score (nSPS) is 20.2. The number of amides is 1. The van der Waals surface area contributed by atoms with E-state index in [1.54, 1.807) is 0 Å². The monoisotopic (exact) mass is 402 g/mol. The molecule has 3 nitrogen and oxygen atoms in total. The van der Waals surface area contributed by atoms with Gasteiger partial charge in [-0.1, -0.05) is 24.6 Å². The van der Waals surface area contributed by atoms with Crippen LogP contribution in [-0.4, -0.2) is 16.9 Å². The molecule has 0 radical (unpaired) electrons. The molecule has 1 saturated carbocycles. The molecule has 0 aliphatic heterocycles. The van der Waals surface area contributed by atoms with Crippen LogP contribution in [0.1, 0.15) is 52.4 Å². The Morgan fingerprint density at radius 1 is 0.964 bits per heavy atom. The molecule has 3 rings (SSSR count). The largest absolute Gasteiger partial charge is 0.434 e. The van der Waals surface area contributed by atoms with Crippen molar-refractivity contribution in [2.45, 2.75) is 43.6 Å². The van der Waals surface area contributed by atoms with Crippen LogP contribution in [-0.2, 0) is 12.4 Å². The summed E-state index contributed by atoms with van der Waals surface area (Å²) >= 11 is 0. The third kappa shape index (κ3) is 4.13. The lowest BCUT2D eigenvalue weighted by atomic mass is 9.89. The molecule has 1 N–H and O–H groups in total. The lowest BCUT2D eigenvalue weighted by molar-refractivity contribution is -0.141. The van der Waals surface area contributed by atoms with Crippen LogP contribution in [0.25, 0.3) is 0 Å². The number of alkyl halides is 6. The highest BCUT2D eigenvalue weighted by atomic mass is 19.4. The maximum absolute atomic E-state index is 13.3. The van der Waals surface area contributed by atoms with E-state index in [0.29, 0.717) is 19.3 Å². The zero-order chi connectivity index (χ0) is 20.5. The molecule has 0 bridgehead atoms. The van der Waals surface area contributed by atoms with Crippen LogP contribution in [0.4, 0.5) is 26.3 Å². The minimum Gasteiger partial charge on any atom is -0.349 e. The number of aromatic nitrogens is 1. The Kier molecular flexibility index (Phi) is 5.36. The molecular formula is C19H16F6N2O. The molecule has 1 aliphatic rings. The molecule has 150 valence electrons. The number of pyridine rings is 1. The van der Waals surface area contributed by atoms with Crippen molar-refractivity contribution >= 4 is 5.91 Å². The average molecular weight is 402 g/mol. The van der Waals surface area contributed by atoms with Crippen molar-refractivity contribution in [1.29, 1.82) is 0 Å². The third-order valence-corrected chi connectivity index (χ3v) is 4.82. The summed E-state index contributed by atoms with van der Waals surface area (Å²) in [5.74, 6) is -1.63. The molecule has 0 unspecified atom stereocenters. The predicted octanol–water partition coefficient (Wildman–Crippen LogP) is 5.19. The topological polar surface area (TPSA) is 42.0 Å². The van der Waals surface area contributed by atoms with Crippen LogP contribution >= 0.6 is 0 Å². The Hall–Kier alpha value is -2.58.